The maximum atomic E-state index is 9.17. The molecule has 0 unspecified atom stereocenters. The molecule has 16 heavy (non-hydrogen) atoms. The number of nitrogens with zero attached hydrogens (tertiary/aromatic N) is 2. The molecule has 6 heteroatoms. The highest BCUT2D eigenvalue weighted by Gasteiger charge is 2.12. The van der Waals surface area contributed by atoms with Crippen LogP contribution in [0.25, 0.3) is 5.69 Å². The smallest absolute Gasteiger partial charge is 0.152 e. The summed E-state index contributed by atoms with van der Waals surface area (Å²) in [5.74, 6) is 0.931. The van der Waals surface area contributed by atoms with Gasteiger partial charge in [-0.15, -0.1) is 5.10 Å². The van der Waals surface area contributed by atoms with Gasteiger partial charge in [-0.25, -0.2) is 4.68 Å². The normalized spacial score (nSPS) is 10.6. The molecule has 0 fully saturated rings. The molecule has 2 aromatic rings. The summed E-state index contributed by atoms with van der Waals surface area (Å²) in [6.45, 7) is 0.246. The maximum Gasteiger partial charge on any atom is 0.152 e. The summed E-state index contributed by atoms with van der Waals surface area (Å²) in [4.78, 5) is 0. The first-order valence-electron chi connectivity index (χ1n) is 4.75. The summed E-state index contributed by atoms with van der Waals surface area (Å²) >= 11 is 0. The minimum atomic E-state index is 0.182. The number of phenolic OH excluding ortho intramolecular Hbond substituents is 1. The van der Waals surface area contributed by atoms with Gasteiger partial charge in [0.15, 0.2) is 5.82 Å². The topological polar surface area (TPSA) is 116 Å². The Morgan fingerprint density at radius 1 is 1.19 bits per heavy atom. The Labute approximate surface area is 92.3 Å². The number of benzene rings is 1. The summed E-state index contributed by atoms with van der Waals surface area (Å²) in [5, 5.41) is 13.3. The van der Waals surface area contributed by atoms with E-state index in [1.807, 2.05) is 0 Å². The van der Waals surface area contributed by atoms with Gasteiger partial charge in [0, 0.05) is 6.54 Å². The fourth-order valence-electron chi connectivity index (χ4n) is 1.48. The SMILES string of the molecule is NCc1c(N)nn(-c2ccc(O)cc2)c1N. The number of phenols is 1. The third kappa shape index (κ3) is 1.55. The number of hydrogen-bond acceptors (Lipinski definition) is 5. The number of rotatable bonds is 2. The Bertz CT molecular complexity index is 503. The first-order chi connectivity index (χ1) is 7.63. The van der Waals surface area contributed by atoms with Crippen LogP contribution in [0.5, 0.6) is 5.75 Å². The quantitative estimate of drug-likeness (QED) is 0.575. The number of hydrogen-bond donors (Lipinski definition) is 4. The Morgan fingerprint density at radius 3 is 2.31 bits per heavy atom. The van der Waals surface area contributed by atoms with Crippen LogP contribution in [0.2, 0.25) is 0 Å². The van der Waals surface area contributed by atoms with Crippen LogP contribution >= 0.6 is 0 Å². The minimum Gasteiger partial charge on any atom is -0.508 e. The average Bonchev–Trinajstić information content (AvgIpc) is 2.55. The van der Waals surface area contributed by atoms with E-state index in [1.165, 1.54) is 4.68 Å². The number of anilines is 2. The van der Waals surface area contributed by atoms with Crippen LogP contribution in [0.4, 0.5) is 11.6 Å². The van der Waals surface area contributed by atoms with Crippen molar-refractivity contribution < 1.29 is 5.11 Å². The highest BCUT2D eigenvalue weighted by Crippen LogP contribution is 2.23. The molecule has 0 aliphatic heterocycles. The van der Waals surface area contributed by atoms with E-state index in [4.69, 9.17) is 17.2 Å². The Morgan fingerprint density at radius 2 is 1.81 bits per heavy atom. The molecule has 0 aliphatic rings. The van der Waals surface area contributed by atoms with Crippen LogP contribution in [0, 0.1) is 0 Å². The fourth-order valence-corrected chi connectivity index (χ4v) is 1.48. The molecular formula is C10H13N5O. The highest BCUT2D eigenvalue weighted by atomic mass is 16.3. The highest BCUT2D eigenvalue weighted by molar-refractivity contribution is 5.58. The number of nitrogen functional groups attached to an aromatic ring is 2. The summed E-state index contributed by atoms with van der Waals surface area (Å²) in [5.41, 5.74) is 18.4. The molecule has 0 spiro atoms. The van der Waals surface area contributed by atoms with Gasteiger partial charge >= 0.3 is 0 Å². The zero-order valence-electron chi connectivity index (χ0n) is 8.59. The monoisotopic (exact) mass is 219 g/mol. The molecule has 0 saturated carbocycles. The number of aromatic hydroxyl groups is 1. The van der Waals surface area contributed by atoms with Crippen molar-refractivity contribution in [3.63, 3.8) is 0 Å². The average molecular weight is 219 g/mol. The van der Waals surface area contributed by atoms with Crippen LogP contribution < -0.4 is 17.2 Å². The van der Waals surface area contributed by atoms with Gasteiger partial charge in [-0.05, 0) is 24.3 Å². The van der Waals surface area contributed by atoms with Crippen molar-refractivity contribution in [2.45, 2.75) is 6.54 Å². The van der Waals surface area contributed by atoms with Crippen molar-refractivity contribution in [1.82, 2.24) is 9.78 Å². The maximum absolute atomic E-state index is 9.17. The Hall–Kier alpha value is -2.21. The third-order valence-electron chi connectivity index (χ3n) is 2.35. The molecule has 7 N–H and O–H groups in total. The second kappa shape index (κ2) is 3.74. The van der Waals surface area contributed by atoms with Crippen LogP contribution in [0.15, 0.2) is 24.3 Å². The molecule has 6 nitrogen and oxygen atoms in total. The molecule has 0 saturated heterocycles. The van der Waals surface area contributed by atoms with Crippen molar-refractivity contribution in [3.05, 3.63) is 29.8 Å². The molecular weight excluding hydrogens is 206 g/mol. The van der Waals surface area contributed by atoms with Gasteiger partial charge in [-0.2, -0.15) is 0 Å². The molecule has 1 heterocycles. The van der Waals surface area contributed by atoms with Crippen molar-refractivity contribution >= 4 is 11.6 Å². The molecule has 1 aromatic carbocycles. The predicted octanol–water partition coefficient (Wildman–Crippen LogP) is 0.201. The van der Waals surface area contributed by atoms with Crippen LogP contribution in [0.3, 0.4) is 0 Å². The lowest BCUT2D eigenvalue weighted by Gasteiger charge is -2.04. The van der Waals surface area contributed by atoms with Gasteiger partial charge in [0.05, 0.1) is 11.3 Å². The van der Waals surface area contributed by atoms with Crippen LogP contribution in [0.1, 0.15) is 5.56 Å². The van der Waals surface area contributed by atoms with Gasteiger partial charge in [-0.1, -0.05) is 0 Å². The van der Waals surface area contributed by atoms with Gasteiger partial charge in [-0.3, -0.25) is 0 Å². The van der Waals surface area contributed by atoms with Crippen molar-refractivity contribution in [1.29, 1.82) is 0 Å². The van der Waals surface area contributed by atoms with Crippen molar-refractivity contribution in [3.8, 4) is 11.4 Å². The first kappa shape index (κ1) is 10.3. The van der Waals surface area contributed by atoms with E-state index < -0.39 is 0 Å². The zero-order chi connectivity index (χ0) is 11.7. The van der Waals surface area contributed by atoms with E-state index >= 15 is 0 Å². The summed E-state index contributed by atoms with van der Waals surface area (Å²) in [6.07, 6.45) is 0. The summed E-state index contributed by atoms with van der Waals surface area (Å²) in [6, 6.07) is 6.49. The van der Waals surface area contributed by atoms with Crippen molar-refractivity contribution in [2.75, 3.05) is 11.5 Å². The van der Waals surface area contributed by atoms with E-state index in [-0.39, 0.29) is 12.3 Å². The number of aromatic nitrogens is 2. The lowest BCUT2D eigenvalue weighted by Crippen LogP contribution is -2.05. The third-order valence-corrected chi connectivity index (χ3v) is 2.35. The van der Waals surface area contributed by atoms with Crippen LogP contribution in [-0.4, -0.2) is 14.9 Å². The lowest BCUT2D eigenvalue weighted by atomic mass is 10.3. The molecule has 1 aromatic heterocycles. The van der Waals surface area contributed by atoms with Gasteiger partial charge < -0.3 is 22.3 Å². The molecule has 0 aliphatic carbocycles. The van der Waals surface area contributed by atoms with Gasteiger partial charge in [0.1, 0.15) is 11.6 Å². The second-order valence-electron chi connectivity index (χ2n) is 3.38. The second-order valence-corrected chi connectivity index (χ2v) is 3.38. The molecule has 0 amide bonds. The molecule has 2 rings (SSSR count). The minimum absolute atomic E-state index is 0.182. The first-order valence-corrected chi connectivity index (χ1v) is 4.75. The predicted molar refractivity (Wildman–Crippen MR) is 61.9 cm³/mol. The van der Waals surface area contributed by atoms with Crippen LogP contribution in [-0.2, 0) is 6.54 Å². The largest absolute Gasteiger partial charge is 0.508 e. The molecule has 0 radical (unpaired) electrons. The zero-order valence-corrected chi connectivity index (χ0v) is 8.59. The lowest BCUT2D eigenvalue weighted by molar-refractivity contribution is 0.475. The van der Waals surface area contributed by atoms with E-state index in [1.54, 1.807) is 24.3 Å². The van der Waals surface area contributed by atoms with Crippen molar-refractivity contribution in [2.24, 2.45) is 5.73 Å². The standard InChI is InChI=1S/C10H13N5O/c11-5-8-9(12)14-15(10(8)13)6-1-3-7(16)4-2-6/h1-4,16H,5,11,13H2,(H2,12,14). The molecule has 0 atom stereocenters. The fraction of sp³-hybridized carbons (Fsp3) is 0.100. The van der Waals surface area contributed by atoms with Gasteiger partial charge in [0.25, 0.3) is 0 Å². The van der Waals surface area contributed by atoms with E-state index in [0.717, 1.165) is 5.69 Å². The van der Waals surface area contributed by atoms with E-state index in [0.29, 0.717) is 17.2 Å². The molecule has 84 valence electrons. The Balaban J connectivity index is 2.52. The summed E-state index contributed by atoms with van der Waals surface area (Å²) in [7, 11) is 0. The summed E-state index contributed by atoms with van der Waals surface area (Å²) < 4.78 is 1.50. The van der Waals surface area contributed by atoms with E-state index in [2.05, 4.69) is 5.10 Å². The molecule has 0 bridgehead atoms. The van der Waals surface area contributed by atoms with E-state index in [9.17, 15) is 5.11 Å². The Kier molecular flexibility index (Phi) is 2.41. The number of nitrogens with two attached hydrogens (primary N) is 3. The van der Waals surface area contributed by atoms with Gasteiger partial charge in [0.2, 0.25) is 0 Å².